The van der Waals surface area contributed by atoms with Gasteiger partial charge in [0.15, 0.2) is 0 Å². The lowest BCUT2D eigenvalue weighted by atomic mass is 10.3. The molecule has 5 nitrogen and oxygen atoms in total. The van der Waals surface area contributed by atoms with Gasteiger partial charge in [-0.15, -0.1) is 0 Å². The molecule has 13 heavy (non-hydrogen) atoms. The molecule has 2 amide bonds. The number of hydrogen-bond acceptors (Lipinski definition) is 4. The topological polar surface area (TPSA) is 63.7 Å². The molecule has 1 aliphatic heterocycles. The van der Waals surface area contributed by atoms with E-state index in [0.29, 0.717) is 11.5 Å². The van der Waals surface area contributed by atoms with Crippen molar-refractivity contribution < 1.29 is 19.2 Å². The van der Waals surface area contributed by atoms with Crippen molar-refractivity contribution in [1.82, 2.24) is 5.06 Å². The first kappa shape index (κ1) is 10.1. The third-order valence-electron chi connectivity index (χ3n) is 1.45. The minimum Gasteiger partial charge on any atom is -0.330 e. The summed E-state index contributed by atoms with van der Waals surface area (Å²) < 4.78 is 0. The van der Waals surface area contributed by atoms with Gasteiger partial charge in [0.25, 0.3) is 11.6 Å². The number of carbonyl (C=O) groups excluding carboxylic acids is 3. The van der Waals surface area contributed by atoms with Crippen LogP contribution in [-0.2, 0) is 14.4 Å². The first-order chi connectivity index (χ1) is 6.15. The Labute approximate surface area is 77.1 Å². The number of carbonyl (C=O) groups is 3. The maximum absolute atomic E-state index is 11.0. The number of hydrogen-bond donors (Lipinski definition) is 0. The van der Waals surface area contributed by atoms with E-state index in [0.717, 1.165) is 0 Å². The lowest BCUT2D eigenvalue weighted by Crippen LogP contribution is -2.31. The first-order valence-corrected chi connectivity index (χ1v) is 5.17. The molecule has 0 saturated carbocycles. The molecule has 1 aliphatic rings. The van der Waals surface area contributed by atoms with E-state index in [1.165, 1.54) is 0 Å². The molecule has 0 aromatic carbocycles. The van der Waals surface area contributed by atoms with E-state index in [1.807, 2.05) is 6.92 Å². The van der Waals surface area contributed by atoms with Gasteiger partial charge < -0.3 is 4.84 Å². The molecule has 1 fully saturated rings. The molecule has 0 spiro atoms. The molecule has 0 radical (unpaired) electrons. The molecule has 72 valence electrons. The number of rotatable bonds is 3. The average molecular weight is 203 g/mol. The molecule has 1 atom stereocenters. The van der Waals surface area contributed by atoms with E-state index in [-0.39, 0.29) is 21.2 Å². The van der Waals surface area contributed by atoms with E-state index in [1.54, 1.807) is 0 Å². The van der Waals surface area contributed by atoms with Crippen LogP contribution >= 0.6 is 8.58 Å². The van der Waals surface area contributed by atoms with Crippen molar-refractivity contribution >= 4 is 26.1 Å². The van der Waals surface area contributed by atoms with Gasteiger partial charge in [0.05, 0.1) is 6.16 Å². The van der Waals surface area contributed by atoms with Crippen LogP contribution in [0.2, 0.25) is 0 Å². The van der Waals surface area contributed by atoms with Crippen LogP contribution in [0.4, 0.5) is 4.79 Å². The van der Waals surface area contributed by atoms with Gasteiger partial charge in [0.1, 0.15) is 0 Å². The van der Waals surface area contributed by atoms with Crippen molar-refractivity contribution in [3.05, 3.63) is 0 Å². The third-order valence-corrected chi connectivity index (χ3v) is 2.43. The third kappa shape index (κ3) is 2.49. The molecule has 0 aromatic heterocycles. The van der Waals surface area contributed by atoms with Gasteiger partial charge in [0, 0.05) is 6.42 Å². The van der Waals surface area contributed by atoms with Crippen molar-refractivity contribution in [2.75, 3.05) is 6.16 Å². The van der Waals surface area contributed by atoms with Gasteiger partial charge >= 0.3 is 5.97 Å². The summed E-state index contributed by atoms with van der Waals surface area (Å²) in [4.78, 5) is 37.4. The fourth-order valence-electron chi connectivity index (χ4n) is 0.852. The summed E-state index contributed by atoms with van der Waals surface area (Å²) in [6.07, 6.45) is 1.02. The van der Waals surface area contributed by atoms with Crippen molar-refractivity contribution in [3.63, 3.8) is 0 Å². The Bertz CT molecular complexity index is 237. The van der Waals surface area contributed by atoms with E-state index < -0.39 is 17.5 Å². The molecule has 0 N–H and O–H groups in total. The normalized spacial score (nSPS) is 18.4. The summed E-state index contributed by atoms with van der Waals surface area (Å²) in [5.74, 6) is -0.955. The number of hydroxylamine groups is 2. The Balaban J connectivity index is 2.48. The van der Waals surface area contributed by atoms with Crippen LogP contribution in [0.25, 0.3) is 0 Å². The molecule has 1 rings (SSSR count). The number of imide groups is 1. The first-order valence-electron chi connectivity index (χ1n) is 3.96. The largest absolute Gasteiger partial charge is 0.333 e. The van der Waals surface area contributed by atoms with Crippen LogP contribution in [0.15, 0.2) is 0 Å². The Hall–Kier alpha value is -0.960. The standard InChI is InChI=1S/C7H10NO4P/c1-2-3-6(10)12-8-5(9)4-13-7(8)11/h13H,2-4H2,1H3. The summed E-state index contributed by atoms with van der Waals surface area (Å²) in [6, 6.07) is 0. The Morgan fingerprint density at radius 1 is 1.62 bits per heavy atom. The summed E-state index contributed by atoms with van der Waals surface area (Å²) in [7, 11) is -0.0951. The highest BCUT2D eigenvalue weighted by atomic mass is 31.1. The van der Waals surface area contributed by atoms with Gasteiger partial charge in [-0.2, -0.15) is 0 Å². The molecular weight excluding hydrogens is 193 g/mol. The average Bonchev–Trinajstić information content (AvgIpc) is 2.36. The Morgan fingerprint density at radius 2 is 2.31 bits per heavy atom. The second-order valence-corrected chi connectivity index (χ2v) is 3.69. The summed E-state index contributed by atoms with van der Waals surface area (Å²) in [6.45, 7) is 1.82. The van der Waals surface area contributed by atoms with E-state index in [2.05, 4.69) is 4.84 Å². The zero-order valence-electron chi connectivity index (χ0n) is 7.20. The van der Waals surface area contributed by atoms with E-state index in [9.17, 15) is 14.4 Å². The van der Waals surface area contributed by atoms with E-state index in [4.69, 9.17) is 0 Å². The van der Waals surface area contributed by atoms with E-state index >= 15 is 0 Å². The molecule has 1 unspecified atom stereocenters. The van der Waals surface area contributed by atoms with Crippen LogP contribution in [-0.4, -0.2) is 28.7 Å². The summed E-state index contributed by atoms with van der Waals surface area (Å²) in [5, 5.41) is 0.580. The quantitative estimate of drug-likeness (QED) is 0.639. The Morgan fingerprint density at radius 3 is 2.77 bits per heavy atom. The number of amides is 2. The maximum Gasteiger partial charge on any atom is 0.333 e. The molecule has 0 aliphatic carbocycles. The van der Waals surface area contributed by atoms with Gasteiger partial charge in [-0.3, -0.25) is 9.59 Å². The van der Waals surface area contributed by atoms with Crippen LogP contribution in [0, 0.1) is 0 Å². The number of nitrogens with zero attached hydrogens (tertiary/aromatic N) is 1. The highest BCUT2D eigenvalue weighted by Crippen LogP contribution is 2.25. The molecule has 0 aromatic rings. The fourth-order valence-corrected chi connectivity index (χ4v) is 1.61. The lowest BCUT2D eigenvalue weighted by Gasteiger charge is -2.11. The monoisotopic (exact) mass is 203 g/mol. The summed E-state index contributed by atoms with van der Waals surface area (Å²) >= 11 is 0. The Kier molecular flexibility index (Phi) is 3.37. The highest BCUT2D eigenvalue weighted by Gasteiger charge is 2.32. The highest BCUT2D eigenvalue weighted by molar-refractivity contribution is 7.59. The zero-order chi connectivity index (χ0) is 9.84. The van der Waals surface area contributed by atoms with Crippen LogP contribution in [0.1, 0.15) is 19.8 Å². The summed E-state index contributed by atoms with van der Waals surface area (Å²) in [5.41, 5.74) is -0.408. The van der Waals surface area contributed by atoms with Gasteiger partial charge in [-0.25, -0.2) is 4.79 Å². The molecule has 6 heteroatoms. The minimum atomic E-state index is -0.532. The molecule has 0 bridgehead atoms. The maximum atomic E-state index is 11.0. The van der Waals surface area contributed by atoms with Crippen LogP contribution < -0.4 is 0 Å². The molecule has 1 saturated heterocycles. The molecular formula is C7H10NO4P. The second-order valence-electron chi connectivity index (χ2n) is 2.56. The van der Waals surface area contributed by atoms with Crippen LogP contribution in [0.3, 0.4) is 0 Å². The van der Waals surface area contributed by atoms with Gasteiger partial charge in [0.2, 0.25) is 0 Å². The molecule has 1 heterocycles. The minimum absolute atomic E-state index is 0.0951. The smallest absolute Gasteiger partial charge is 0.330 e. The van der Waals surface area contributed by atoms with Crippen molar-refractivity contribution in [1.29, 1.82) is 0 Å². The zero-order valence-corrected chi connectivity index (χ0v) is 8.20. The fraction of sp³-hybridized carbons (Fsp3) is 0.571. The van der Waals surface area contributed by atoms with Crippen LogP contribution in [0.5, 0.6) is 0 Å². The van der Waals surface area contributed by atoms with Gasteiger partial charge in [-0.05, 0) is 15.0 Å². The van der Waals surface area contributed by atoms with Gasteiger partial charge in [-0.1, -0.05) is 12.0 Å². The van der Waals surface area contributed by atoms with Crippen molar-refractivity contribution in [3.8, 4) is 0 Å². The second kappa shape index (κ2) is 4.33. The predicted octanol–water partition coefficient (Wildman–Crippen LogP) is 0.885. The van der Waals surface area contributed by atoms with Crippen molar-refractivity contribution in [2.45, 2.75) is 19.8 Å². The van der Waals surface area contributed by atoms with Crippen molar-refractivity contribution in [2.24, 2.45) is 0 Å². The lowest BCUT2D eigenvalue weighted by molar-refractivity contribution is -0.182. The SMILES string of the molecule is CCCC(=O)ON1C(=O)CPC1=O. The predicted molar refractivity (Wildman–Crippen MR) is 46.4 cm³/mol.